The molecular weight excluding hydrogens is 222 g/mol. The second-order valence-corrected chi connectivity index (χ2v) is 5.28. The molecule has 1 heterocycles. The van der Waals surface area contributed by atoms with Crippen LogP contribution in [-0.4, -0.2) is 35.6 Å². The topological polar surface area (TPSA) is 28.2 Å². The molecule has 3 heteroatoms. The normalized spacial score (nSPS) is 13.2. The third-order valence-electron chi connectivity index (χ3n) is 3.16. The van der Waals surface area contributed by atoms with Gasteiger partial charge in [0.25, 0.3) is 0 Å². The highest BCUT2D eigenvalue weighted by Gasteiger charge is 2.14. The van der Waals surface area contributed by atoms with E-state index in [4.69, 9.17) is 0 Å². The summed E-state index contributed by atoms with van der Waals surface area (Å²) in [6.07, 6.45) is 6.24. The second-order valence-electron chi connectivity index (χ2n) is 5.28. The SMILES string of the molecule is CCCC(CNC(C)C)N(C)Cc1cccnc1. The monoisotopic (exact) mass is 249 g/mol. The Labute approximate surface area is 112 Å². The van der Waals surface area contributed by atoms with Crippen molar-refractivity contribution in [1.82, 2.24) is 15.2 Å². The lowest BCUT2D eigenvalue weighted by molar-refractivity contribution is 0.211. The van der Waals surface area contributed by atoms with Crippen molar-refractivity contribution in [1.29, 1.82) is 0 Å². The fourth-order valence-corrected chi connectivity index (χ4v) is 2.09. The van der Waals surface area contributed by atoms with E-state index in [-0.39, 0.29) is 0 Å². The highest BCUT2D eigenvalue weighted by molar-refractivity contribution is 5.08. The van der Waals surface area contributed by atoms with E-state index in [1.165, 1.54) is 18.4 Å². The number of likely N-dealkylation sites (N-methyl/N-ethyl adjacent to an activating group) is 1. The van der Waals surface area contributed by atoms with Crippen molar-refractivity contribution in [2.45, 2.75) is 52.2 Å². The number of hydrogen-bond acceptors (Lipinski definition) is 3. The van der Waals surface area contributed by atoms with Crippen LogP contribution in [0.1, 0.15) is 39.2 Å². The lowest BCUT2D eigenvalue weighted by Gasteiger charge is -2.29. The van der Waals surface area contributed by atoms with Crippen LogP contribution in [0.3, 0.4) is 0 Å². The van der Waals surface area contributed by atoms with Crippen molar-refractivity contribution in [3.8, 4) is 0 Å². The zero-order valence-electron chi connectivity index (χ0n) is 12.2. The van der Waals surface area contributed by atoms with E-state index in [2.05, 4.69) is 49.1 Å². The molecule has 0 amide bonds. The number of hydrogen-bond donors (Lipinski definition) is 1. The molecule has 1 rings (SSSR count). The molecule has 0 aliphatic heterocycles. The van der Waals surface area contributed by atoms with Crippen molar-refractivity contribution in [3.63, 3.8) is 0 Å². The van der Waals surface area contributed by atoms with Crippen LogP contribution in [0, 0.1) is 0 Å². The third-order valence-corrected chi connectivity index (χ3v) is 3.16. The van der Waals surface area contributed by atoms with Crippen LogP contribution in [0.15, 0.2) is 24.5 Å². The fraction of sp³-hybridized carbons (Fsp3) is 0.667. The first-order valence-corrected chi connectivity index (χ1v) is 6.96. The van der Waals surface area contributed by atoms with Gasteiger partial charge in [-0.3, -0.25) is 9.88 Å². The van der Waals surface area contributed by atoms with Crippen LogP contribution >= 0.6 is 0 Å². The lowest BCUT2D eigenvalue weighted by Crippen LogP contribution is -2.41. The quantitative estimate of drug-likeness (QED) is 0.768. The Morgan fingerprint density at radius 2 is 2.17 bits per heavy atom. The molecule has 18 heavy (non-hydrogen) atoms. The molecule has 0 aliphatic carbocycles. The lowest BCUT2D eigenvalue weighted by atomic mass is 10.1. The molecule has 0 aromatic carbocycles. The van der Waals surface area contributed by atoms with Gasteiger partial charge in [-0.15, -0.1) is 0 Å². The van der Waals surface area contributed by atoms with E-state index in [1.807, 2.05) is 18.5 Å². The van der Waals surface area contributed by atoms with Gasteiger partial charge in [0.2, 0.25) is 0 Å². The molecule has 102 valence electrons. The van der Waals surface area contributed by atoms with Gasteiger partial charge >= 0.3 is 0 Å². The minimum absolute atomic E-state index is 0.552. The maximum atomic E-state index is 4.17. The van der Waals surface area contributed by atoms with Gasteiger partial charge in [-0.2, -0.15) is 0 Å². The van der Waals surface area contributed by atoms with Crippen molar-refractivity contribution in [2.75, 3.05) is 13.6 Å². The predicted molar refractivity (Wildman–Crippen MR) is 77.5 cm³/mol. The van der Waals surface area contributed by atoms with Gasteiger partial charge in [-0.25, -0.2) is 0 Å². The summed E-state index contributed by atoms with van der Waals surface area (Å²) in [5.74, 6) is 0. The van der Waals surface area contributed by atoms with Crippen LogP contribution in [0.25, 0.3) is 0 Å². The van der Waals surface area contributed by atoms with Gasteiger partial charge in [0.1, 0.15) is 0 Å². The molecule has 1 N–H and O–H groups in total. The van der Waals surface area contributed by atoms with Crippen molar-refractivity contribution >= 4 is 0 Å². The third kappa shape index (κ3) is 5.61. The summed E-state index contributed by atoms with van der Waals surface area (Å²) < 4.78 is 0. The summed E-state index contributed by atoms with van der Waals surface area (Å²) >= 11 is 0. The molecule has 0 spiro atoms. The average molecular weight is 249 g/mol. The molecule has 0 saturated heterocycles. The molecule has 0 radical (unpaired) electrons. The Balaban J connectivity index is 2.50. The van der Waals surface area contributed by atoms with Gasteiger partial charge in [0, 0.05) is 37.6 Å². The molecular formula is C15H27N3. The predicted octanol–water partition coefficient (Wildman–Crippen LogP) is 2.68. The van der Waals surface area contributed by atoms with E-state index >= 15 is 0 Å². The first-order chi connectivity index (χ1) is 8.63. The molecule has 1 aromatic rings. The molecule has 1 unspecified atom stereocenters. The highest BCUT2D eigenvalue weighted by atomic mass is 15.1. The van der Waals surface area contributed by atoms with Crippen molar-refractivity contribution < 1.29 is 0 Å². The van der Waals surface area contributed by atoms with Crippen LogP contribution in [0.4, 0.5) is 0 Å². The van der Waals surface area contributed by atoms with Crippen LogP contribution in [0.5, 0.6) is 0 Å². The number of nitrogens with one attached hydrogen (secondary N) is 1. The second kappa shape index (κ2) is 8.22. The molecule has 1 aromatic heterocycles. The average Bonchev–Trinajstić information content (AvgIpc) is 2.35. The number of pyridine rings is 1. The molecule has 0 aliphatic rings. The first-order valence-electron chi connectivity index (χ1n) is 6.96. The van der Waals surface area contributed by atoms with Gasteiger partial charge in [0.15, 0.2) is 0 Å². The first kappa shape index (κ1) is 15.1. The van der Waals surface area contributed by atoms with Gasteiger partial charge in [0.05, 0.1) is 0 Å². The summed E-state index contributed by atoms with van der Waals surface area (Å²) in [5, 5.41) is 3.54. The van der Waals surface area contributed by atoms with Gasteiger partial charge < -0.3 is 5.32 Å². The van der Waals surface area contributed by atoms with Crippen molar-refractivity contribution in [2.24, 2.45) is 0 Å². The fourth-order valence-electron chi connectivity index (χ4n) is 2.09. The van der Waals surface area contributed by atoms with Crippen LogP contribution in [0.2, 0.25) is 0 Å². The largest absolute Gasteiger partial charge is 0.313 e. The summed E-state index contributed by atoms with van der Waals surface area (Å²) in [6.45, 7) is 8.68. The minimum Gasteiger partial charge on any atom is -0.313 e. The van der Waals surface area contributed by atoms with Crippen molar-refractivity contribution in [3.05, 3.63) is 30.1 Å². The van der Waals surface area contributed by atoms with E-state index < -0.39 is 0 Å². The van der Waals surface area contributed by atoms with E-state index in [9.17, 15) is 0 Å². The number of nitrogens with zero attached hydrogens (tertiary/aromatic N) is 2. The summed E-state index contributed by atoms with van der Waals surface area (Å²) in [4.78, 5) is 6.60. The summed E-state index contributed by atoms with van der Waals surface area (Å²) in [7, 11) is 2.20. The summed E-state index contributed by atoms with van der Waals surface area (Å²) in [6, 6.07) is 5.29. The smallest absolute Gasteiger partial charge is 0.0312 e. The number of rotatable bonds is 8. The van der Waals surface area contributed by atoms with E-state index in [1.54, 1.807) is 0 Å². The van der Waals surface area contributed by atoms with E-state index in [0.29, 0.717) is 12.1 Å². The standard InChI is InChI=1S/C15H27N3/c1-5-7-15(11-17-13(2)3)18(4)12-14-8-6-9-16-10-14/h6,8-10,13,15,17H,5,7,11-12H2,1-4H3. The molecule has 0 saturated carbocycles. The Kier molecular flexibility index (Phi) is 6.91. The maximum Gasteiger partial charge on any atom is 0.0312 e. The Morgan fingerprint density at radius 3 is 2.72 bits per heavy atom. The highest BCUT2D eigenvalue weighted by Crippen LogP contribution is 2.09. The van der Waals surface area contributed by atoms with Gasteiger partial charge in [-0.05, 0) is 25.1 Å². The van der Waals surface area contributed by atoms with Gasteiger partial charge in [-0.1, -0.05) is 33.3 Å². The molecule has 3 nitrogen and oxygen atoms in total. The van der Waals surface area contributed by atoms with Crippen LogP contribution in [-0.2, 0) is 6.54 Å². The molecule has 1 atom stereocenters. The number of aromatic nitrogens is 1. The Bertz CT molecular complexity index is 311. The zero-order chi connectivity index (χ0) is 13.4. The Morgan fingerprint density at radius 1 is 1.39 bits per heavy atom. The molecule has 0 fully saturated rings. The molecule has 0 bridgehead atoms. The van der Waals surface area contributed by atoms with E-state index in [0.717, 1.165) is 13.1 Å². The minimum atomic E-state index is 0.552. The van der Waals surface area contributed by atoms with Crippen LogP contribution < -0.4 is 5.32 Å². The summed E-state index contributed by atoms with van der Waals surface area (Å²) in [5.41, 5.74) is 1.28. The Hall–Kier alpha value is -0.930. The zero-order valence-corrected chi connectivity index (χ0v) is 12.2. The maximum absolute atomic E-state index is 4.17.